The summed E-state index contributed by atoms with van der Waals surface area (Å²) in [5.74, 6) is -1.06. The van der Waals surface area contributed by atoms with Gasteiger partial charge in [-0.15, -0.1) is 0 Å². The number of amides is 2. The first-order valence-electron chi connectivity index (χ1n) is 9.21. The van der Waals surface area contributed by atoms with Crippen LogP contribution in [-0.2, 0) is 11.2 Å². The molecule has 0 atom stereocenters. The summed E-state index contributed by atoms with van der Waals surface area (Å²) in [6, 6.07) is 11.5. The van der Waals surface area contributed by atoms with Crippen LogP contribution >= 0.6 is 23.2 Å². The van der Waals surface area contributed by atoms with Crippen LogP contribution in [0.15, 0.2) is 42.5 Å². The Balaban J connectivity index is 1.46. The third-order valence-corrected chi connectivity index (χ3v) is 5.48. The maximum atomic E-state index is 13.9. The minimum atomic E-state index is -0.639. The fourth-order valence-electron chi connectivity index (χ4n) is 3.31. The minimum absolute atomic E-state index is 0.0901. The molecular weight excluding hydrogens is 402 g/mol. The molecule has 1 N–H and O–H groups in total. The van der Waals surface area contributed by atoms with Crippen molar-refractivity contribution in [2.45, 2.75) is 31.7 Å². The Labute approximate surface area is 173 Å². The number of carbonyl (C=O) groups excluding carboxylic acids is 2. The van der Waals surface area contributed by atoms with Gasteiger partial charge in [-0.05, 0) is 49.1 Å². The van der Waals surface area contributed by atoms with Gasteiger partial charge in [0, 0.05) is 30.6 Å². The molecule has 0 unspecified atom stereocenters. The highest BCUT2D eigenvalue weighted by Crippen LogP contribution is 2.20. The van der Waals surface area contributed by atoms with E-state index in [9.17, 15) is 14.0 Å². The topological polar surface area (TPSA) is 49.4 Å². The summed E-state index contributed by atoms with van der Waals surface area (Å²) in [6.07, 6.45) is 2.36. The molecule has 148 valence electrons. The third kappa shape index (κ3) is 5.24. The average molecular weight is 423 g/mol. The molecule has 4 nitrogen and oxygen atoms in total. The second-order valence-corrected chi connectivity index (χ2v) is 7.70. The molecule has 0 radical (unpaired) electrons. The summed E-state index contributed by atoms with van der Waals surface area (Å²) in [5, 5.41) is 3.59. The summed E-state index contributed by atoms with van der Waals surface area (Å²) in [7, 11) is 0. The first-order valence-corrected chi connectivity index (χ1v) is 9.96. The molecule has 0 saturated carbocycles. The predicted molar refractivity (Wildman–Crippen MR) is 108 cm³/mol. The first kappa shape index (κ1) is 20.6. The van der Waals surface area contributed by atoms with Gasteiger partial charge in [-0.3, -0.25) is 9.59 Å². The highest BCUT2D eigenvalue weighted by Gasteiger charge is 2.25. The van der Waals surface area contributed by atoms with Crippen LogP contribution in [0.3, 0.4) is 0 Å². The quantitative estimate of drug-likeness (QED) is 0.771. The van der Waals surface area contributed by atoms with Gasteiger partial charge in [-0.1, -0.05) is 41.4 Å². The number of nitrogens with one attached hydrogen (secondary N) is 1. The summed E-state index contributed by atoms with van der Waals surface area (Å²) < 4.78 is 13.9. The van der Waals surface area contributed by atoms with Crippen LogP contribution in [-0.4, -0.2) is 35.8 Å². The lowest BCUT2D eigenvalue weighted by atomic mass is 10.0. The molecule has 0 spiro atoms. The van der Waals surface area contributed by atoms with Gasteiger partial charge in [0.25, 0.3) is 5.91 Å². The number of benzene rings is 2. The fraction of sp³-hybridized carbons (Fsp3) is 0.333. The van der Waals surface area contributed by atoms with Crippen LogP contribution < -0.4 is 5.32 Å². The van der Waals surface area contributed by atoms with Crippen molar-refractivity contribution < 1.29 is 14.0 Å². The molecule has 0 bridgehead atoms. The van der Waals surface area contributed by atoms with Crippen molar-refractivity contribution >= 4 is 35.0 Å². The Kier molecular flexibility index (Phi) is 6.92. The zero-order valence-electron chi connectivity index (χ0n) is 15.3. The maximum absolute atomic E-state index is 13.9. The van der Waals surface area contributed by atoms with E-state index in [-0.39, 0.29) is 22.5 Å². The molecule has 2 aromatic rings. The number of likely N-dealkylation sites (tertiary alicyclic amines) is 1. The summed E-state index contributed by atoms with van der Waals surface area (Å²) in [6.45, 7) is 1.13. The van der Waals surface area contributed by atoms with Crippen LogP contribution in [0.1, 0.15) is 35.2 Å². The van der Waals surface area contributed by atoms with E-state index < -0.39 is 11.7 Å². The fourth-order valence-corrected chi connectivity index (χ4v) is 3.68. The van der Waals surface area contributed by atoms with Crippen LogP contribution in [0.25, 0.3) is 0 Å². The lowest BCUT2D eigenvalue weighted by molar-refractivity contribution is -0.132. The highest BCUT2D eigenvalue weighted by molar-refractivity contribution is 6.33. The minimum Gasteiger partial charge on any atom is -0.349 e. The Morgan fingerprint density at radius 1 is 1.07 bits per heavy atom. The van der Waals surface area contributed by atoms with Crippen molar-refractivity contribution in [2.24, 2.45) is 0 Å². The van der Waals surface area contributed by atoms with E-state index in [2.05, 4.69) is 5.32 Å². The molecular formula is C21H21Cl2FN2O2. The normalized spacial score (nSPS) is 14.8. The van der Waals surface area contributed by atoms with Crippen LogP contribution in [0.2, 0.25) is 10.0 Å². The van der Waals surface area contributed by atoms with Crippen molar-refractivity contribution in [1.29, 1.82) is 0 Å². The molecule has 7 heteroatoms. The summed E-state index contributed by atoms with van der Waals surface area (Å²) >= 11 is 11.8. The molecule has 1 aliphatic heterocycles. The van der Waals surface area contributed by atoms with Crippen molar-refractivity contribution in [3.8, 4) is 0 Å². The standard InChI is InChI=1S/C21H21Cl2FN2O2/c22-15-7-4-14(5-8-15)6-9-19(27)26-12-10-16(11-13-26)25-21(28)20-17(23)2-1-3-18(20)24/h1-5,7-8,16H,6,9-13H2,(H,25,28). The van der Waals surface area contributed by atoms with E-state index >= 15 is 0 Å². The predicted octanol–water partition coefficient (Wildman–Crippen LogP) is 4.49. The third-order valence-electron chi connectivity index (χ3n) is 4.91. The number of carbonyl (C=O) groups is 2. The Morgan fingerprint density at radius 3 is 2.39 bits per heavy atom. The molecule has 1 aliphatic rings. The SMILES string of the molecule is O=C(NC1CCN(C(=O)CCc2ccc(Cl)cc2)CC1)c1c(F)cccc1Cl. The Morgan fingerprint density at radius 2 is 1.75 bits per heavy atom. The van der Waals surface area contributed by atoms with E-state index in [0.29, 0.717) is 43.8 Å². The summed E-state index contributed by atoms with van der Waals surface area (Å²) in [4.78, 5) is 26.6. The lowest BCUT2D eigenvalue weighted by Crippen LogP contribution is -2.46. The monoisotopic (exact) mass is 422 g/mol. The molecule has 0 aliphatic carbocycles. The van der Waals surface area contributed by atoms with Crippen LogP contribution in [0, 0.1) is 5.82 Å². The van der Waals surface area contributed by atoms with Crippen molar-refractivity contribution in [3.63, 3.8) is 0 Å². The average Bonchev–Trinajstić information content (AvgIpc) is 2.68. The van der Waals surface area contributed by atoms with E-state index in [1.807, 2.05) is 29.2 Å². The molecule has 3 rings (SSSR count). The molecule has 28 heavy (non-hydrogen) atoms. The molecule has 1 saturated heterocycles. The molecule has 1 heterocycles. The number of halogens is 3. The van der Waals surface area contributed by atoms with E-state index in [0.717, 1.165) is 5.56 Å². The van der Waals surface area contributed by atoms with Crippen molar-refractivity contribution in [3.05, 3.63) is 69.5 Å². The van der Waals surface area contributed by atoms with Crippen molar-refractivity contribution in [1.82, 2.24) is 10.2 Å². The van der Waals surface area contributed by atoms with Gasteiger partial charge < -0.3 is 10.2 Å². The lowest BCUT2D eigenvalue weighted by Gasteiger charge is -2.32. The largest absolute Gasteiger partial charge is 0.349 e. The second-order valence-electron chi connectivity index (χ2n) is 6.85. The van der Waals surface area contributed by atoms with Gasteiger partial charge in [0.05, 0.1) is 10.6 Å². The van der Waals surface area contributed by atoms with E-state index in [1.54, 1.807) is 0 Å². The number of rotatable bonds is 5. The zero-order chi connectivity index (χ0) is 20.1. The van der Waals surface area contributed by atoms with Gasteiger partial charge in [-0.2, -0.15) is 0 Å². The molecule has 2 amide bonds. The molecule has 2 aromatic carbocycles. The van der Waals surface area contributed by atoms with Gasteiger partial charge in [-0.25, -0.2) is 4.39 Å². The van der Waals surface area contributed by atoms with Gasteiger partial charge in [0.2, 0.25) is 5.91 Å². The second kappa shape index (κ2) is 9.39. The number of piperidine rings is 1. The van der Waals surface area contributed by atoms with E-state index in [4.69, 9.17) is 23.2 Å². The summed E-state index contributed by atoms with van der Waals surface area (Å²) in [5.41, 5.74) is 0.937. The van der Waals surface area contributed by atoms with Gasteiger partial charge in [0.1, 0.15) is 5.82 Å². The van der Waals surface area contributed by atoms with Crippen LogP contribution in [0.4, 0.5) is 4.39 Å². The number of hydrogen-bond acceptors (Lipinski definition) is 2. The van der Waals surface area contributed by atoms with Crippen molar-refractivity contribution in [2.75, 3.05) is 13.1 Å². The number of aryl methyl sites for hydroxylation is 1. The van der Waals surface area contributed by atoms with Gasteiger partial charge >= 0.3 is 0 Å². The Bertz CT molecular complexity index is 830. The smallest absolute Gasteiger partial charge is 0.255 e. The van der Waals surface area contributed by atoms with E-state index in [1.165, 1.54) is 18.2 Å². The maximum Gasteiger partial charge on any atom is 0.255 e. The number of hydrogen-bond donors (Lipinski definition) is 1. The highest BCUT2D eigenvalue weighted by atomic mass is 35.5. The van der Waals surface area contributed by atoms with Crippen LogP contribution in [0.5, 0.6) is 0 Å². The Hall–Kier alpha value is -2.11. The molecule has 1 fully saturated rings. The number of nitrogens with zero attached hydrogens (tertiary/aromatic N) is 1. The van der Waals surface area contributed by atoms with Gasteiger partial charge in [0.15, 0.2) is 0 Å². The first-order chi connectivity index (χ1) is 13.4. The zero-order valence-corrected chi connectivity index (χ0v) is 16.8. The molecule has 0 aromatic heterocycles.